The number of aliphatic imine (C=N–C) groups is 1. The molecule has 6 nitrogen and oxygen atoms in total. The summed E-state index contributed by atoms with van der Waals surface area (Å²) in [6, 6.07) is 5.98. The molecule has 1 aromatic rings. The first-order valence-corrected chi connectivity index (χ1v) is 11.1. The molecule has 0 bridgehead atoms. The second-order valence-corrected chi connectivity index (χ2v) is 9.42. The van der Waals surface area contributed by atoms with Gasteiger partial charge in [-0.1, -0.05) is 26.0 Å². The van der Waals surface area contributed by atoms with Crippen LogP contribution in [0.15, 0.2) is 40.7 Å². The molecule has 152 valence electrons. The van der Waals surface area contributed by atoms with Gasteiger partial charge in [-0.05, 0) is 42.0 Å². The number of hydrogen-bond acceptors (Lipinski definition) is 5. The molecule has 0 amide bonds. The van der Waals surface area contributed by atoms with E-state index in [-0.39, 0.29) is 11.7 Å². The maximum atomic E-state index is 13.5. The van der Waals surface area contributed by atoms with E-state index >= 15 is 0 Å². The van der Waals surface area contributed by atoms with Gasteiger partial charge in [0.15, 0.2) is 0 Å². The molecule has 0 saturated heterocycles. The summed E-state index contributed by atoms with van der Waals surface area (Å²) in [5.74, 6) is -1.61. The number of nitrogens with zero attached hydrogens (tertiary/aromatic N) is 2. The Hall–Kier alpha value is -2.22. The lowest BCUT2D eigenvalue weighted by Gasteiger charge is -2.40. The van der Waals surface area contributed by atoms with Crippen LogP contribution < -0.4 is 0 Å². The zero-order valence-corrected chi connectivity index (χ0v) is 17.3. The molecule has 28 heavy (non-hydrogen) atoms. The van der Waals surface area contributed by atoms with E-state index in [1.165, 1.54) is 23.5 Å². The van der Waals surface area contributed by atoms with E-state index in [9.17, 15) is 17.6 Å². The molecule has 0 fully saturated rings. The van der Waals surface area contributed by atoms with Crippen LogP contribution in [0, 0.1) is 17.7 Å². The third-order valence-electron chi connectivity index (χ3n) is 5.27. The Morgan fingerprint density at radius 3 is 2.46 bits per heavy atom. The first-order valence-electron chi connectivity index (χ1n) is 9.27. The molecule has 0 aromatic heterocycles. The van der Waals surface area contributed by atoms with Crippen molar-refractivity contribution in [3.8, 4) is 0 Å². The molecule has 8 heteroatoms. The Bertz CT molecular complexity index is 935. The summed E-state index contributed by atoms with van der Waals surface area (Å²) in [7, 11) is -2.18. The van der Waals surface area contributed by atoms with Crippen molar-refractivity contribution in [3.05, 3.63) is 47.0 Å². The molecule has 0 spiro atoms. The number of methoxy groups -OCH3 is 1. The third-order valence-corrected chi connectivity index (χ3v) is 6.43. The Labute approximate surface area is 165 Å². The van der Waals surface area contributed by atoms with Crippen molar-refractivity contribution < 1.29 is 22.3 Å². The molecule has 0 N–H and O–H groups in total. The number of carbonyl (C=O) groups excluding carboxylic acids is 1. The van der Waals surface area contributed by atoms with Crippen LogP contribution >= 0.6 is 0 Å². The number of carbonyl (C=O) groups is 1. The molecule has 2 aliphatic rings. The van der Waals surface area contributed by atoms with E-state index in [2.05, 4.69) is 4.99 Å². The first kappa shape index (κ1) is 20.5. The maximum absolute atomic E-state index is 13.5. The smallest absolute Gasteiger partial charge is 0.315 e. The normalized spacial score (nSPS) is 22.8. The number of rotatable bonds is 4. The van der Waals surface area contributed by atoms with E-state index in [0.29, 0.717) is 30.9 Å². The van der Waals surface area contributed by atoms with Crippen LogP contribution in [-0.2, 0) is 19.6 Å². The monoisotopic (exact) mass is 408 g/mol. The summed E-state index contributed by atoms with van der Waals surface area (Å²) < 4.78 is 44.6. The molecule has 0 radical (unpaired) electrons. The van der Waals surface area contributed by atoms with Crippen LogP contribution in [0.3, 0.4) is 0 Å². The predicted molar refractivity (Wildman–Crippen MR) is 105 cm³/mol. The maximum Gasteiger partial charge on any atom is 0.315 e. The van der Waals surface area contributed by atoms with Gasteiger partial charge in [-0.15, -0.1) is 0 Å². The summed E-state index contributed by atoms with van der Waals surface area (Å²) in [4.78, 5) is 17.4. The highest BCUT2D eigenvalue weighted by molar-refractivity contribution is 7.88. The predicted octanol–water partition coefficient (Wildman–Crippen LogP) is 3.08. The second kappa shape index (κ2) is 7.66. The van der Waals surface area contributed by atoms with Gasteiger partial charge in [0.25, 0.3) is 0 Å². The Morgan fingerprint density at radius 1 is 1.29 bits per heavy atom. The minimum atomic E-state index is -3.51. The summed E-state index contributed by atoms with van der Waals surface area (Å²) in [5, 5.41) is 0. The van der Waals surface area contributed by atoms with Crippen LogP contribution in [0.25, 0.3) is 0 Å². The van der Waals surface area contributed by atoms with Gasteiger partial charge in [0, 0.05) is 18.2 Å². The van der Waals surface area contributed by atoms with Gasteiger partial charge in [-0.2, -0.15) is 0 Å². The summed E-state index contributed by atoms with van der Waals surface area (Å²) >= 11 is 0. The standard InChI is InChI=1S/C20H25FN2O4S/c1-12(2)18-17(20(24)27-3)16(13-7-9-14(21)10-8-13)15-6-5-11-23(19(15)22-18)28(4,25)26/h7-10,12,16-17H,5-6,11H2,1-4H3. The number of sulfonamides is 1. The summed E-state index contributed by atoms with van der Waals surface area (Å²) in [5.41, 5.74) is 2.10. The summed E-state index contributed by atoms with van der Waals surface area (Å²) in [6.07, 6.45) is 2.41. The number of benzene rings is 1. The van der Waals surface area contributed by atoms with E-state index < -0.39 is 27.8 Å². The average Bonchev–Trinajstić information content (AvgIpc) is 2.65. The zero-order valence-electron chi connectivity index (χ0n) is 16.5. The van der Waals surface area contributed by atoms with Gasteiger partial charge in [-0.3, -0.25) is 9.10 Å². The molecule has 2 aliphatic heterocycles. The average molecular weight is 408 g/mol. The number of hydrogen-bond donors (Lipinski definition) is 0. The van der Waals surface area contributed by atoms with Gasteiger partial charge in [0.05, 0.1) is 13.4 Å². The van der Waals surface area contributed by atoms with Gasteiger partial charge < -0.3 is 4.74 Å². The fraction of sp³-hybridized carbons (Fsp3) is 0.500. The number of ether oxygens (including phenoxy) is 1. The minimum Gasteiger partial charge on any atom is -0.468 e. The number of esters is 1. The molecule has 2 unspecified atom stereocenters. The Morgan fingerprint density at radius 2 is 1.93 bits per heavy atom. The Balaban J connectivity index is 2.27. The molecule has 3 rings (SSSR count). The van der Waals surface area contributed by atoms with Crippen molar-refractivity contribution in [1.29, 1.82) is 0 Å². The highest BCUT2D eigenvalue weighted by Gasteiger charge is 2.44. The van der Waals surface area contributed by atoms with Gasteiger partial charge in [0.2, 0.25) is 10.0 Å². The SMILES string of the molecule is COC(=O)C1C(C(C)C)=NC2=C(CCCN2S(C)(=O)=O)C1c1ccc(F)cc1. The van der Waals surface area contributed by atoms with Crippen molar-refractivity contribution in [2.75, 3.05) is 19.9 Å². The van der Waals surface area contributed by atoms with Crippen molar-refractivity contribution in [3.63, 3.8) is 0 Å². The summed E-state index contributed by atoms with van der Waals surface area (Å²) in [6.45, 7) is 4.18. The van der Waals surface area contributed by atoms with E-state index in [1.807, 2.05) is 13.8 Å². The highest BCUT2D eigenvalue weighted by Crippen LogP contribution is 2.45. The molecule has 0 saturated carbocycles. The number of allylic oxidation sites excluding steroid dienone is 1. The van der Waals surface area contributed by atoms with E-state index in [0.717, 1.165) is 17.4 Å². The lowest BCUT2D eigenvalue weighted by Crippen LogP contribution is -2.43. The largest absolute Gasteiger partial charge is 0.468 e. The van der Waals surface area contributed by atoms with Crippen molar-refractivity contribution in [2.24, 2.45) is 16.8 Å². The quantitative estimate of drug-likeness (QED) is 0.718. The van der Waals surface area contributed by atoms with Gasteiger partial charge in [0.1, 0.15) is 17.6 Å². The highest BCUT2D eigenvalue weighted by atomic mass is 32.2. The number of halogens is 1. The van der Waals surface area contributed by atoms with Crippen LogP contribution in [0.4, 0.5) is 4.39 Å². The fourth-order valence-electron chi connectivity index (χ4n) is 4.04. The van der Waals surface area contributed by atoms with Crippen molar-refractivity contribution >= 4 is 21.7 Å². The lowest BCUT2D eigenvalue weighted by atomic mass is 9.72. The fourth-order valence-corrected chi connectivity index (χ4v) is 4.97. The molecule has 2 heterocycles. The molecule has 0 aliphatic carbocycles. The molecule has 2 atom stereocenters. The molecular weight excluding hydrogens is 383 g/mol. The van der Waals surface area contributed by atoms with E-state index in [4.69, 9.17) is 4.74 Å². The molecule has 1 aromatic carbocycles. The van der Waals surface area contributed by atoms with Gasteiger partial charge in [-0.25, -0.2) is 17.8 Å². The van der Waals surface area contributed by atoms with E-state index in [1.54, 1.807) is 12.1 Å². The van der Waals surface area contributed by atoms with Gasteiger partial charge >= 0.3 is 5.97 Å². The van der Waals surface area contributed by atoms with Crippen LogP contribution in [0.5, 0.6) is 0 Å². The topological polar surface area (TPSA) is 76.0 Å². The van der Waals surface area contributed by atoms with Crippen LogP contribution in [0.1, 0.15) is 38.2 Å². The third kappa shape index (κ3) is 3.70. The zero-order chi connectivity index (χ0) is 20.6. The van der Waals surface area contributed by atoms with Crippen LogP contribution in [0.2, 0.25) is 0 Å². The Kier molecular flexibility index (Phi) is 5.61. The van der Waals surface area contributed by atoms with Crippen molar-refractivity contribution in [1.82, 2.24) is 4.31 Å². The van der Waals surface area contributed by atoms with Crippen molar-refractivity contribution in [2.45, 2.75) is 32.6 Å². The molecular formula is C20H25FN2O4S. The minimum absolute atomic E-state index is 0.0931. The van der Waals surface area contributed by atoms with Crippen LogP contribution in [-0.4, -0.2) is 44.3 Å². The first-order chi connectivity index (χ1) is 13.1. The second-order valence-electron chi connectivity index (χ2n) is 7.51. The lowest BCUT2D eigenvalue weighted by molar-refractivity contribution is -0.143.